The molecule has 1 saturated carbocycles. The van der Waals surface area contributed by atoms with Gasteiger partial charge >= 0.3 is 7.60 Å². The molecular weight excluding hydrogens is 383 g/mol. The average Bonchev–Trinajstić information content (AvgIpc) is 3.23. The highest BCUT2D eigenvalue weighted by molar-refractivity contribution is 7.55. The van der Waals surface area contributed by atoms with Crippen molar-refractivity contribution < 1.29 is 18.7 Å². The molecule has 0 heterocycles. The van der Waals surface area contributed by atoms with Crippen molar-refractivity contribution in [3.05, 3.63) is 34.9 Å². The van der Waals surface area contributed by atoms with Crippen LogP contribution in [0, 0.1) is 0 Å². The fourth-order valence-electron chi connectivity index (χ4n) is 4.80. The highest BCUT2D eigenvalue weighted by Crippen LogP contribution is 2.59. The Labute approximate surface area is 176 Å². The summed E-state index contributed by atoms with van der Waals surface area (Å²) < 4.78 is 25.3. The molecular formula is C24H37O4P. The number of benzene rings is 1. The molecule has 2 unspecified atom stereocenters. The number of rotatable bonds is 9. The van der Waals surface area contributed by atoms with Crippen LogP contribution in [-0.4, -0.2) is 17.9 Å². The standard InChI is InChI=1S/C24H37O4P/c1-4-5-6-11-19-16-22(25)24(20-12-9-10-18(2)15-20)23(17-19)28-29(26,27-3)21-13-7-8-14-21/h15-17,20-21,25H,4-14H2,1-3H3. The zero-order valence-electron chi connectivity index (χ0n) is 18.3. The fourth-order valence-corrected chi connectivity index (χ4v) is 6.74. The molecule has 0 saturated heterocycles. The quantitative estimate of drug-likeness (QED) is 0.255. The second kappa shape index (κ2) is 10.2. The molecule has 1 N–H and O–H groups in total. The lowest BCUT2D eigenvalue weighted by Crippen LogP contribution is -2.12. The average molecular weight is 421 g/mol. The second-order valence-electron chi connectivity index (χ2n) is 8.75. The number of aryl methyl sites for hydroxylation is 1. The van der Waals surface area contributed by atoms with Crippen LogP contribution >= 0.6 is 7.60 Å². The second-order valence-corrected chi connectivity index (χ2v) is 11.1. The van der Waals surface area contributed by atoms with Crippen LogP contribution in [-0.2, 0) is 15.5 Å². The summed E-state index contributed by atoms with van der Waals surface area (Å²) in [4.78, 5) is 0. The Morgan fingerprint density at radius 1 is 1.14 bits per heavy atom. The van der Waals surface area contributed by atoms with Gasteiger partial charge in [-0.2, -0.15) is 0 Å². The lowest BCUT2D eigenvalue weighted by molar-refractivity contribution is 0.308. The summed E-state index contributed by atoms with van der Waals surface area (Å²) in [6.07, 6.45) is 13.6. The Morgan fingerprint density at radius 2 is 1.90 bits per heavy atom. The van der Waals surface area contributed by atoms with Crippen LogP contribution in [0.5, 0.6) is 11.5 Å². The molecule has 1 aromatic rings. The molecule has 3 rings (SSSR count). The first kappa shape index (κ1) is 22.4. The molecule has 2 aliphatic carbocycles. The third-order valence-electron chi connectivity index (χ3n) is 6.44. The van der Waals surface area contributed by atoms with E-state index >= 15 is 0 Å². The van der Waals surface area contributed by atoms with Crippen molar-refractivity contribution in [3.63, 3.8) is 0 Å². The van der Waals surface area contributed by atoms with E-state index in [1.54, 1.807) is 0 Å². The van der Waals surface area contributed by atoms with Gasteiger partial charge in [0.05, 0.1) is 5.66 Å². The van der Waals surface area contributed by atoms with Gasteiger partial charge < -0.3 is 14.2 Å². The monoisotopic (exact) mass is 420 g/mol. The van der Waals surface area contributed by atoms with Crippen molar-refractivity contribution in [2.75, 3.05) is 7.11 Å². The first-order valence-electron chi connectivity index (χ1n) is 11.3. The van der Waals surface area contributed by atoms with Crippen molar-refractivity contribution >= 4 is 7.60 Å². The number of allylic oxidation sites excluding steroid dienone is 2. The predicted molar refractivity (Wildman–Crippen MR) is 119 cm³/mol. The van der Waals surface area contributed by atoms with E-state index in [0.29, 0.717) is 5.75 Å². The molecule has 5 heteroatoms. The first-order chi connectivity index (χ1) is 14.0. The van der Waals surface area contributed by atoms with Gasteiger partial charge in [0.1, 0.15) is 11.5 Å². The zero-order chi connectivity index (χ0) is 20.9. The minimum Gasteiger partial charge on any atom is -0.507 e. The maximum absolute atomic E-state index is 13.6. The van der Waals surface area contributed by atoms with Gasteiger partial charge in [-0.3, -0.25) is 0 Å². The summed E-state index contributed by atoms with van der Waals surface area (Å²) in [5, 5.41) is 11.0. The molecule has 0 radical (unpaired) electrons. The molecule has 2 atom stereocenters. The Balaban J connectivity index is 1.98. The van der Waals surface area contributed by atoms with E-state index in [1.165, 1.54) is 12.7 Å². The van der Waals surface area contributed by atoms with Crippen molar-refractivity contribution in [1.82, 2.24) is 0 Å². The van der Waals surface area contributed by atoms with Gasteiger partial charge in [0.15, 0.2) is 0 Å². The maximum atomic E-state index is 13.6. The lowest BCUT2D eigenvalue weighted by atomic mass is 9.84. The summed E-state index contributed by atoms with van der Waals surface area (Å²) in [6, 6.07) is 3.88. The maximum Gasteiger partial charge on any atom is 0.381 e. The number of unbranched alkanes of at least 4 members (excludes halogenated alkanes) is 2. The van der Waals surface area contributed by atoms with Gasteiger partial charge in [0, 0.05) is 18.6 Å². The van der Waals surface area contributed by atoms with Crippen LogP contribution in [0.1, 0.15) is 95.1 Å². The summed E-state index contributed by atoms with van der Waals surface area (Å²) in [6.45, 7) is 4.32. The number of hydrogen-bond acceptors (Lipinski definition) is 4. The molecule has 0 aliphatic heterocycles. The van der Waals surface area contributed by atoms with Gasteiger partial charge in [-0.1, -0.05) is 44.3 Å². The topological polar surface area (TPSA) is 55.8 Å². The summed E-state index contributed by atoms with van der Waals surface area (Å²) in [5.74, 6) is 0.917. The normalized spacial score (nSPS) is 22.3. The molecule has 162 valence electrons. The van der Waals surface area contributed by atoms with Crippen molar-refractivity contribution in [1.29, 1.82) is 0 Å². The van der Waals surface area contributed by atoms with Gasteiger partial charge in [-0.25, -0.2) is 4.57 Å². The summed E-state index contributed by atoms with van der Waals surface area (Å²) in [7, 11) is -1.77. The van der Waals surface area contributed by atoms with Crippen LogP contribution in [0.3, 0.4) is 0 Å². The van der Waals surface area contributed by atoms with Gasteiger partial charge in [-0.15, -0.1) is 0 Å². The largest absolute Gasteiger partial charge is 0.507 e. The molecule has 0 spiro atoms. The van der Waals surface area contributed by atoms with E-state index in [9.17, 15) is 9.67 Å². The SMILES string of the molecule is CCCCCc1cc(O)c(C2C=C(C)CCC2)c(OP(=O)(OC)C2CCCC2)c1. The van der Waals surface area contributed by atoms with Gasteiger partial charge in [0.2, 0.25) is 0 Å². The highest BCUT2D eigenvalue weighted by Gasteiger charge is 2.39. The number of phenolic OH excluding ortho intramolecular Hbond substituents is 1. The van der Waals surface area contributed by atoms with Crippen LogP contribution in [0.15, 0.2) is 23.8 Å². The molecule has 1 aromatic carbocycles. The molecule has 1 fully saturated rings. The minimum absolute atomic E-state index is 0.0464. The number of phenols is 1. The smallest absolute Gasteiger partial charge is 0.381 e. The molecule has 4 nitrogen and oxygen atoms in total. The van der Waals surface area contributed by atoms with Gasteiger partial charge in [-0.05, 0) is 69.6 Å². The van der Waals surface area contributed by atoms with Crippen LogP contribution in [0.25, 0.3) is 0 Å². The summed E-state index contributed by atoms with van der Waals surface area (Å²) in [5.41, 5.74) is 3.11. The Kier molecular flexibility index (Phi) is 7.87. The number of hydrogen-bond donors (Lipinski definition) is 1. The molecule has 2 aliphatic rings. The van der Waals surface area contributed by atoms with Gasteiger partial charge in [0.25, 0.3) is 0 Å². The van der Waals surface area contributed by atoms with Crippen molar-refractivity contribution in [2.24, 2.45) is 0 Å². The third-order valence-corrected chi connectivity index (χ3v) is 8.81. The number of aromatic hydroxyl groups is 1. The lowest BCUT2D eigenvalue weighted by Gasteiger charge is -2.28. The summed E-state index contributed by atoms with van der Waals surface area (Å²) >= 11 is 0. The van der Waals surface area contributed by atoms with Crippen LogP contribution in [0.2, 0.25) is 0 Å². The van der Waals surface area contributed by atoms with E-state index in [-0.39, 0.29) is 17.3 Å². The first-order valence-corrected chi connectivity index (χ1v) is 13.0. The third kappa shape index (κ3) is 5.47. The van der Waals surface area contributed by atoms with E-state index < -0.39 is 7.60 Å². The van der Waals surface area contributed by atoms with Crippen molar-refractivity contribution in [2.45, 2.75) is 96.1 Å². The fraction of sp³-hybridized carbons (Fsp3) is 0.667. The predicted octanol–water partition coefficient (Wildman–Crippen LogP) is 7.50. The minimum atomic E-state index is -3.27. The van der Waals surface area contributed by atoms with Crippen LogP contribution in [0.4, 0.5) is 0 Å². The Morgan fingerprint density at radius 3 is 2.55 bits per heavy atom. The highest BCUT2D eigenvalue weighted by atomic mass is 31.2. The zero-order valence-corrected chi connectivity index (χ0v) is 19.2. The molecule has 0 amide bonds. The Bertz CT molecular complexity index is 764. The van der Waals surface area contributed by atoms with Crippen LogP contribution < -0.4 is 4.52 Å². The van der Waals surface area contributed by atoms with Crippen molar-refractivity contribution in [3.8, 4) is 11.5 Å². The molecule has 0 bridgehead atoms. The molecule has 29 heavy (non-hydrogen) atoms. The van der Waals surface area contributed by atoms with E-state index in [2.05, 4.69) is 19.9 Å². The molecule has 0 aromatic heterocycles. The van der Waals surface area contributed by atoms with E-state index in [0.717, 1.165) is 81.8 Å². The van der Waals surface area contributed by atoms with E-state index in [4.69, 9.17) is 9.05 Å². The Hall–Kier alpha value is -1.25. The van der Waals surface area contributed by atoms with E-state index in [1.807, 2.05) is 12.1 Å².